The number of carbonyl (C=O) groups is 2. The van der Waals surface area contributed by atoms with Crippen LogP contribution in [0.1, 0.15) is 54.9 Å². The van der Waals surface area contributed by atoms with E-state index in [2.05, 4.69) is 31.4 Å². The van der Waals surface area contributed by atoms with Crippen molar-refractivity contribution in [2.75, 3.05) is 39.3 Å². The van der Waals surface area contributed by atoms with Gasteiger partial charge in [0.1, 0.15) is 0 Å². The summed E-state index contributed by atoms with van der Waals surface area (Å²) in [5.41, 5.74) is 0. The predicted octanol–water partition coefficient (Wildman–Crippen LogP) is 1.95. The molecule has 2 aliphatic rings. The molecule has 27 heavy (non-hydrogen) atoms. The van der Waals surface area contributed by atoms with E-state index in [4.69, 9.17) is 0 Å². The van der Waals surface area contributed by atoms with Gasteiger partial charge in [-0.1, -0.05) is 48.5 Å². The Balaban J connectivity index is 0.000000271. The molecule has 2 saturated heterocycles. The van der Waals surface area contributed by atoms with Gasteiger partial charge < -0.3 is 20.4 Å². The molecule has 6 nitrogen and oxygen atoms in total. The summed E-state index contributed by atoms with van der Waals surface area (Å²) < 4.78 is 0. The van der Waals surface area contributed by atoms with Crippen molar-refractivity contribution in [3.63, 3.8) is 0 Å². The quantitative estimate of drug-likeness (QED) is 0.780. The van der Waals surface area contributed by atoms with Crippen molar-refractivity contribution in [1.29, 1.82) is 0 Å². The molecular formula is C21H42N4O2. The largest absolute Gasteiger partial charge is 0.340 e. The number of nitrogens with one attached hydrogen (secondary N) is 2. The van der Waals surface area contributed by atoms with Crippen LogP contribution >= 0.6 is 0 Å². The fourth-order valence-corrected chi connectivity index (χ4v) is 3.45. The van der Waals surface area contributed by atoms with Crippen LogP contribution in [0.3, 0.4) is 0 Å². The smallest absolute Gasteiger partial charge is 0.225 e. The number of carbonyl (C=O) groups excluding carboxylic acids is 2. The van der Waals surface area contributed by atoms with Crippen molar-refractivity contribution in [2.45, 2.75) is 67.0 Å². The Kier molecular flexibility index (Phi) is 10.3. The van der Waals surface area contributed by atoms with E-state index < -0.39 is 0 Å². The molecule has 2 amide bonds. The summed E-state index contributed by atoms with van der Waals surface area (Å²) in [5, 5.41) is 6.85. The third-order valence-electron chi connectivity index (χ3n) is 5.37. The van der Waals surface area contributed by atoms with E-state index in [-0.39, 0.29) is 17.7 Å². The van der Waals surface area contributed by atoms with Gasteiger partial charge in [-0.3, -0.25) is 9.59 Å². The molecule has 158 valence electrons. The zero-order valence-electron chi connectivity index (χ0n) is 18.5. The molecule has 0 bridgehead atoms. The minimum atomic E-state index is 0.126. The van der Waals surface area contributed by atoms with Gasteiger partial charge in [-0.25, -0.2) is 0 Å². The fourth-order valence-electron chi connectivity index (χ4n) is 3.45. The van der Waals surface area contributed by atoms with Crippen LogP contribution in [-0.4, -0.2) is 73.0 Å². The van der Waals surface area contributed by atoms with E-state index in [1.807, 2.05) is 37.5 Å². The number of hydrogen-bond acceptors (Lipinski definition) is 4. The van der Waals surface area contributed by atoms with E-state index in [1.54, 1.807) is 0 Å². The van der Waals surface area contributed by atoms with Crippen LogP contribution in [0.15, 0.2) is 0 Å². The second-order valence-corrected chi connectivity index (χ2v) is 8.74. The lowest BCUT2D eigenvalue weighted by atomic mass is 10.0. The molecule has 2 rings (SSSR count). The Morgan fingerprint density at radius 2 is 1.33 bits per heavy atom. The molecule has 0 radical (unpaired) electrons. The highest BCUT2D eigenvalue weighted by Gasteiger charge is 2.26. The number of piperazine rings is 2. The molecule has 2 atom stereocenters. The minimum absolute atomic E-state index is 0.126. The van der Waals surface area contributed by atoms with Gasteiger partial charge >= 0.3 is 0 Å². The first-order chi connectivity index (χ1) is 12.7. The van der Waals surface area contributed by atoms with Gasteiger partial charge in [0, 0.05) is 63.2 Å². The average Bonchev–Trinajstić information content (AvgIpc) is 2.67. The summed E-state index contributed by atoms with van der Waals surface area (Å²) in [7, 11) is 0. The molecule has 0 aliphatic carbocycles. The maximum atomic E-state index is 11.8. The molecule has 6 heteroatoms. The van der Waals surface area contributed by atoms with Crippen LogP contribution in [0.5, 0.6) is 0 Å². The first-order valence-electron chi connectivity index (χ1n) is 10.7. The molecule has 0 spiro atoms. The Bertz CT molecular complexity index is 465. The zero-order chi connectivity index (χ0) is 20.6. The van der Waals surface area contributed by atoms with Gasteiger partial charge in [0.25, 0.3) is 0 Å². The highest BCUT2D eigenvalue weighted by atomic mass is 16.2. The van der Waals surface area contributed by atoms with Crippen LogP contribution in [0.25, 0.3) is 0 Å². The Hall–Kier alpha value is -1.14. The SMILES string of the molecule is CC(C)C(=O)N1CCNC(C(C)C)C1.CCC1CN(C(=O)C(C)C)CCN1. The second kappa shape index (κ2) is 11.6. The number of amides is 2. The highest BCUT2D eigenvalue weighted by molar-refractivity contribution is 5.78. The van der Waals surface area contributed by atoms with Gasteiger partial charge in [-0.05, 0) is 12.3 Å². The summed E-state index contributed by atoms with van der Waals surface area (Å²) in [6.07, 6.45) is 1.10. The summed E-state index contributed by atoms with van der Waals surface area (Å²) in [6, 6.07) is 0.961. The first kappa shape index (κ1) is 23.9. The first-order valence-corrected chi connectivity index (χ1v) is 10.7. The molecular weight excluding hydrogens is 340 g/mol. The van der Waals surface area contributed by atoms with E-state index in [0.29, 0.717) is 23.9 Å². The van der Waals surface area contributed by atoms with Crippen LogP contribution in [0.2, 0.25) is 0 Å². The van der Waals surface area contributed by atoms with Gasteiger partial charge in [0.15, 0.2) is 0 Å². The van der Waals surface area contributed by atoms with E-state index >= 15 is 0 Å². The van der Waals surface area contributed by atoms with Crippen LogP contribution in [0, 0.1) is 17.8 Å². The molecule has 0 aromatic carbocycles. The highest BCUT2D eigenvalue weighted by Crippen LogP contribution is 2.11. The maximum absolute atomic E-state index is 11.8. The van der Waals surface area contributed by atoms with Gasteiger partial charge in [0.2, 0.25) is 11.8 Å². The molecule has 2 fully saturated rings. The normalized spacial score (nSPS) is 23.5. The van der Waals surface area contributed by atoms with Crippen LogP contribution in [-0.2, 0) is 9.59 Å². The Morgan fingerprint density at radius 1 is 0.852 bits per heavy atom. The van der Waals surface area contributed by atoms with Crippen molar-refractivity contribution in [1.82, 2.24) is 20.4 Å². The zero-order valence-corrected chi connectivity index (χ0v) is 18.5. The summed E-state index contributed by atoms with van der Waals surface area (Å²) in [6.45, 7) is 19.8. The lowest BCUT2D eigenvalue weighted by Gasteiger charge is -2.36. The molecule has 0 saturated carbocycles. The average molecular weight is 383 g/mol. The Morgan fingerprint density at radius 3 is 1.78 bits per heavy atom. The van der Waals surface area contributed by atoms with Gasteiger partial charge in [-0.15, -0.1) is 0 Å². The van der Waals surface area contributed by atoms with Crippen molar-refractivity contribution >= 4 is 11.8 Å². The molecule has 2 heterocycles. The number of nitrogens with zero attached hydrogens (tertiary/aromatic N) is 2. The fraction of sp³-hybridized carbons (Fsp3) is 0.905. The summed E-state index contributed by atoms with van der Waals surface area (Å²) in [5.74, 6) is 1.44. The van der Waals surface area contributed by atoms with Crippen molar-refractivity contribution in [3.05, 3.63) is 0 Å². The molecule has 2 aliphatic heterocycles. The third-order valence-corrected chi connectivity index (χ3v) is 5.37. The van der Waals surface area contributed by atoms with Gasteiger partial charge in [-0.2, -0.15) is 0 Å². The van der Waals surface area contributed by atoms with E-state index in [0.717, 1.165) is 45.7 Å². The van der Waals surface area contributed by atoms with Crippen LogP contribution in [0.4, 0.5) is 0 Å². The Labute approximate surface area is 166 Å². The molecule has 2 N–H and O–H groups in total. The summed E-state index contributed by atoms with van der Waals surface area (Å²) in [4.78, 5) is 27.4. The van der Waals surface area contributed by atoms with Crippen molar-refractivity contribution in [2.24, 2.45) is 17.8 Å². The summed E-state index contributed by atoms with van der Waals surface area (Å²) >= 11 is 0. The number of hydrogen-bond donors (Lipinski definition) is 2. The standard InChI is InChI=1S/C11H22N2O.C10H20N2O/c1-8(2)10-7-13(6-5-12-10)11(14)9(3)4;1-4-9-7-12(6-5-11-9)10(13)8(2)3/h8-10,12H,5-7H2,1-4H3;8-9,11H,4-7H2,1-3H3. The van der Waals surface area contributed by atoms with Gasteiger partial charge in [0.05, 0.1) is 0 Å². The van der Waals surface area contributed by atoms with E-state index in [1.165, 1.54) is 0 Å². The molecule has 0 aromatic heterocycles. The van der Waals surface area contributed by atoms with Crippen LogP contribution < -0.4 is 10.6 Å². The maximum Gasteiger partial charge on any atom is 0.225 e. The molecule has 0 aromatic rings. The predicted molar refractivity (Wildman–Crippen MR) is 112 cm³/mol. The molecule has 2 unspecified atom stereocenters. The second-order valence-electron chi connectivity index (χ2n) is 8.74. The van der Waals surface area contributed by atoms with E-state index in [9.17, 15) is 9.59 Å². The topological polar surface area (TPSA) is 64.7 Å². The third kappa shape index (κ3) is 7.78. The monoisotopic (exact) mass is 382 g/mol. The number of rotatable bonds is 4. The lowest BCUT2D eigenvalue weighted by Crippen LogP contribution is -2.55. The minimum Gasteiger partial charge on any atom is -0.340 e. The van der Waals surface area contributed by atoms with Crippen molar-refractivity contribution in [3.8, 4) is 0 Å². The lowest BCUT2D eigenvalue weighted by molar-refractivity contribution is -0.136. The van der Waals surface area contributed by atoms with Crippen molar-refractivity contribution < 1.29 is 9.59 Å².